The van der Waals surface area contributed by atoms with Gasteiger partial charge in [0.25, 0.3) is 0 Å². The summed E-state index contributed by atoms with van der Waals surface area (Å²) in [7, 11) is 0. The van der Waals surface area contributed by atoms with Crippen LogP contribution >= 0.6 is 0 Å². The number of nitrogens with zero attached hydrogens (tertiary/aromatic N) is 2. The Morgan fingerprint density at radius 3 is 2.74 bits per heavy atom. The van der Waals surface area contributed by atoms with Gasteiger partial charge in [0.2, 0.25) is 0 Å². The van der Waals surface area contributed by atoms with Gasteiger partial charge >= 0.3 is 5.97 Å². The first-order chi connectivity index (χ1) is 9.11. The molecule has 1 aliphatic rings. The van der Waals surface area contributed by atoms with Crippen LogP contribution in [-0.2, 0) is 0 Å². The lowest BCUT2D eigenvalue weighted by atomic mass is 9.92. The molecule has 0 unspecified atom stereocenters. The van der Waals surface area contributed by atoms with E-state index >= 15 is 0 Å². The second-order valence-electron chi connectivity index (χ2n) is 5.37. The SMILES string of the molecule is CCCC1CCN(c2cc(C)ncc2C(=O)O)CC1. The maximum Gasteiger partial charge on any atom is 0.339 e. The van der Waals surface area contributed by atoms with E-state index in [2.05, 4.69) is 16.8 Å². The number of hydrogen-bond acceptors (Lipinski definition) is 3. The van der Waals surface area contributed by atoms with Gasteiger partial charge in [-0.15, -0.1) is 0 Å². The maximum atomic E-state index is 11.3. The zero-order valence-corrected chi connectivity index (χ0v) is 11.7. The number of aromatic carboxylic acids is 1. The molecule has 1 aromatic rings. The normalized spacial score (nSPS) is 16.6. The van der Waals surface area contributed by atoms with E-state index in [1.807, 2.05) is 13.0 Å². The summed E-state index contributed by atoms with van der Waals surface area (Å²) in [6.45, 7) is 6.03. The predicted molar refractivity (Wildman–Crippen MR) is 75.8 cm³/mol. The fourth-order valence-corrected chi connectivity index (χ4v) is 2.84. The average Bonchev–Trinajstić information content (AvgIpc) is 2.39. The number of carbonyl (C=O) groups is 1. The number of rotatable bonds is 4. The van der Waals surface area contributed by atoms with Crippen LogP contribution in [0.2, 0.25) is 0 Å². The van der Waals surface area contributed by atoms with Crippen molar-refractivity contribution in [2.75, 3.05) is 18.0 Å². The first kappa shape index (κ1) is 13.8. The Morgan fingerprint density at radius 1 is 1.47 bits per heavy atom. The summed E-state index contributed by atoms with van der Waals surface area (Å²) in [5, 5.41) is 9.26. The summed E-state index contributed by atoms with van der Waals surface area (Å²) in [6, 6.07) is 1.89. The molecule has 0 amide bonds. The molecule has 0 bridgehead atoms. The highest BCUT2D eigenvalue weighted by Gasteiger charge is 2.22. The van der Waals surface area contributed by atoms with Gasteiger partial charge in [-0.2, -0.15) is 0 Å². The highest BCUT2D eigenvalue weighted by atomic mass is 16.4. The third-order valence-corrected chi connectivity index (χ3v) is 3.90. The molecule has 0 aliphatic carbocycles. The molecule has 0 atom stereocenters. The minimum atomic E-state index is -0.891. The lowest BCUT2D eigenvalue weighted by Gasteiger charge is -2.34. The second kappa shape index (κ2) is 6.04. The Balaban J connectivity index is 2.14. The van der Waals surface area contributed by atoms with Crippen LogP contribution in [0.5, 0.6) is 0 Å². The van der Waals surface area contributed by atoms with Gasteiger partial charge in [-0.1, -0.05) is 19.8 Å². The van der Waals surface area contributed by atoms with Crippen LogP contribution in [0.15, 0.2) is 12.3 Å². The van der Waals surface area contributed by atoms with Gasteiger partial charge in [0, 0.05) is 25.0 Å². The molecular weight excluding hydrogens is 240 g/mol. The zero-order chi connectivity index (χ0) is 13.8. The van der Waals surface area contributed by atoms with Crippen molar-refractivity contribution >= 4 is 11.7 Å². The topological polar surface area (TPSA) is 53.4 Å². The number of anilines is 1. The monoisotopic (exact) mass is 262 g/mol. The quantitative estimate of drug-likeness (QED) is 0.906. The second-order valence-corrected chi connectivity index (χ2v) is 5.37. The van der Waals surface area contributed by atoms with E-state index < -0.39 is 5.97 Å². The molecule has 2 rings (SSSR count). The summed E-state index contributed by atoms with van der Waals surface area (Å²) in [4.78, 5) is 17.6. The first-order valence-electron chi connectivity index (χ1n) is 7.06. The van der Waals surface area contributed by atoms with Crippen molar-refractivity contribution in [3.63, 3.8) is 0 Å². The Hall–Kier alpha value is -1.58. The number of pyridine rings is 1. The first-order valence-corrected chi connectivity index (χ1v) is 7.06. The standard InChI is InChI=1S/C15H22N2O2/c1-3-4-12-5-7-17(8-6-12)14-9-11(2)16-10-13(14)15(18)19/h9-10,12H,3-8H2,1-2H3,(H,18,19). The van der Waals surface area contributed by atoms with Crippen LogP contribution in [0.25, 0.3) is 0 Å². The van der Waals surface area contributed by atoms with Gasteiger partial charge in [0.05, 0.1) is 5.69 Å². The fraction of sp³-hybridized carbons (Fsp3) is 0.600. The molecular formula is C15H22N2O2. The van der Waals surface area contributed by atoms with Crippen molar-refractivity contribution in [3.8, 4) is 0 Å². The summed E-state index contributed by atoms with van der Waals surface area (Å²) >= 11 is 0. The predicted octanol–water partition coefficient (Wildman–Crippen LogP) is 3.10. The third kappa shape index (κ3) is 3.25. The van der Waals surface area contributed by atoms with Crippen molar-refractivity contribution in [2.24, 2.45) is 5.92 Å². The van der Waals surface area contributed by atoms with Gasteiger partial charge in [0.15, 0.2) is 0 Å². The molecule has 4 heteroatoms. The van der Waals surface area contributed by atoms with Crippen LogP contribution in [-0.4, -0.2) is 29.1 Å². The van der Waals surface area contributed by atoms with Crippen molar-refractivity contribution in [1.82, 2.24) is 4.98 Å². The van der Waals surface area contributed by atoms with Gasteiger partial charge in [0.1, 0.15) is 5.56 Å². The molecule has 0 radical (unpaired) electrons. The van der Waals surface area contributed by atoms with E-state index in [-0.39, 0.29) is 0 Å². The van der Waals surface area contributed by atoms with Crippen LogP contribution in [0.3, 0.4) is 0 Å². The highest BCUT2D eigenvalue weighted by molar-refractivity contribution is 5.94. The summed E-state index contributed by atoms with van der Waals surface area (Å²) in [5.41, 5.74) is 2.02. The van der Waals surface area contributed by atoms with Gasteiger partial charge in [-0.3, -0.25) is 4.98 Å². The lowest BCUT2D eigenvalue weighted by molar-refractivity contribution is 0.0697. The van der Waals surface area contributed by atoms with Crippen molar-refractivity contribution < 1.29 is 9.90 Å². The van der Waals surface area contributed by atoms with Crippen molar-refractivity contribution in [2.45, 2.75) is 39.5 Å². The van der Waals surface area contributed by atoms with E-state index in [1.165, 1.54) is 19.0 Å². The number of piperidine rings is 1. The summed E-state index contributed by atoms with van der Waals surface area (Å²) in [6.07, 6.45) is 6.32. The largest absolute Gasteiger partial charge is 0.478 e. The van der Waals surface area contributed by atoms with Crippen LogP contribution in [0.1, 0.15) is 48.7 Å². The van der Waals surface area contributed by atoms with Crippen molar-refractivity contribution in [3.05, 3.63) is 23.5 Å². The third-order valence-electron chi connectivity index (χ3n) is 3.90. The van der Waals surface area contributed by atoms with Crippen LogP contribution in [0, 0.1) is 12.8 Å². The number of carboxylic acid groups (broad SMARTS) is 1. The Bertz CT molecular complexity index is 451. The Morgan fingerprint density at radius 2 is 2.16 bits per heavy atom. The average molecular weight is 262 g/mol. The van der Waals surface area contributed by atoms with E-state index in [0.29, 0.717) is 5.56 Å². The molecule has 19 heavy (non-hydrogen) atoms. The molecule has 1 aromatic heterocycles. The number of carboxylic acids is 1. The van der Waals surface area contributed by atoms with E-state index in [9.17, 15) is 9.90 Å². The van der Waals surface area contributed by atoms with Crippen LogP contribution in [0.4, 0.5) is 5.69 Å². The van der Waals surface area contributed by atoms with E-state index in [4.69, 9.17) is 0 Å². The minimum Gasteiger partial charge on any atom is -0.478 e. The molecule has 4 nitrogen and oxygen atoms in total. The molecule has 0 saturated carbocycles. The molecule has 1 saturated heterocycles. The van der Waals surface area contributed by atoms with Gasteiger partial charge in [-0.25, -0.2) is 4.79 Å². The minimum absolute atomic E-state index is 0.319. The fourth-order valence-electron chi connectivity index (χ4n) is 2.84. The molecule has 1 N–H and O–H groups in total. The number of hydrogen-bond donors (Lipinski definition) is 1. The molecule has 0 aromatic carbocycles. The molecule has 1 fully saturated rings. The van der Waals surface area contributed by atoms with Gasteiger partial charge < -0.3 is 10.0 Å². The molecule has 2 heterocycles. The highest BCUT2D eigenvalue weighted by Crippen LogP contribution is 2.28. The number of aryl methyl sites for hydroxylation is 1. The zero-order valence-electron chi connectivity index (χ0n) is 11.7. The Labute approximate surface area is 114 Å². The molecule has 1 aliphatic heterocycles. The van der Waals surface area contributed by atoms with E-state index in [1.54, 1.807) is 0 Å². The molecule has 104 valence electrons. The smallest absolute Gasteiger partial charge is 0.339 e. The van der Waals surface area contributed by atoms with E-state index in [0.717, 1.165) is 43.2 Å². The summed E-state index contributed by atoms with van der Waals surface area (Å²) < 4.78 is 0. The lowest BCUT2D eigenvalue weighted by Crippen LogP contribution is -2.34. The summed E-state index contributed by atoms with van der Waals surface area (Å²) in [5.74, 6) is -0.0874. The maximum absolute atomic E-state index is 11.3. The van der Waals surface area contributed by atoms with Crippen LogP contribution < -0.4 is 4.90 Å². The number of aromatic nitrogens is 1. The molecule has 0 spiro atoms. The van der Waals surface area contributed by atoms with Crippen molar-refractivity contribution in [1.29, 1.82) is 0 Å². The van der Waals surface area contributed by atoms with Gasteiger partial charge in [-0.05, 0) is 31.7 Å². The Kier molecular flexibility index (Phi) is 4.40.